The fourth-order valence-electron chi connectivity index (χ4n) is 2.40. The van der Waals surface area contributed by atoms with E-state index >= 15 is 0 Å². The van der Waals surface area contributed by atoms with Gasteiger partial charge in [-0.2, -0.15) is 0 Å². The molecule has 1 saturated heterocycles. The number of ether oxygens (including phenoxy) is 1. The number of rotatable bonds is 5. The molecule has 1 fully saturated rings. The van der Waals surface area contributed by atoms with Crippen molar-refractivity contribution < 1.29 is 18.7 Å². The summed E-state index contributed by atoms with van der Waals surface area (Å²) in [6.45, 7) is 2.75. The number of halogens is 1. The van der Waals surface area contributed by atoms with Crippen molar-refractivity contribution in [2.24, 2.45) is 5.92 Å². The molecular formula is C15H18FNO3. The van der Waals surface area contributed by atoms with Crippen LogP contribution in [0.15, 0.2) is 24.3 Å². The zero-order chi connectivity index (χ0) is 14.5. The van der Waals surface area contributed by atoms with Crippen molar-refractivity contribution in [3.63, 3.8) is 0 Å². The molecule has 0 radical (unpaired) electrons. The van der Waals surface area contributed by atoms with Gasteiger partial charge >= 0.3 is 5.97 Å². The molecular weight excluding hydrogens is 261 g/mol. The maximum Gasteiger partial charge on any atom is 0.323 e. The first-order valence-corrected chi connectivity index (χ1v) is 6.79. The van der Waals surface area contributed by atoms with Gasteiger partial charge in [-0.05, 0) is 50.1 Å². The number of carbonyl (C=O) groups excluding carboxylic acids is 2. The van der Waals surface area contributed by atoms with Crippen LogP contribution in [0.2, 0.25) is 0 Å². The van der Waals surface area contributed by atoms with E-state index in [9.17, 15) is 14.0 Å². The largest absolute Gasteiger partial charge is 0.465 e. The van der Waals surface area contributed by atoms with Gasteiger partial charge in [0, 0.05) is 12.0 Å². The highest BCUT2D eigenvalue weighted by molar-refractivity contribution is 5.96. The van der Waals surface area contributed by atoms with Crippen LogP contribution >= 0.6 is 0 Å². The molecule has 0 bridgehead atoms. The second-order valence-electron chi connectivity index (χ2n) is 4.95. The number of hydrogen-bond donors (Lipinski definition) is 1. The summed E-state index contributed by atoms with van der Waals surface area (Å²) in [4.78, 5) is 23.6. The molecule has 2 unspecified atom stereocenters. The lowest BCUT2D eigenvalue weighted by Gasteiger charge is -2.09. The van der Waals surface area contributed by atoms with Crippen LogP contribution in [0.5, 0.6) is 0 Å². The maximum atomic E-state index is 12.8. The lowest BCUT2D eigenvalue weighted by atomic mass is 9.96. The molecule has 2 rings (SSSR count). The molecule has 2 atom stereocenters. The second kappa shape index (κ2) is 6.61. The summed E-state index contributed by atoms with van der Waals surface area (Å²) < 4.78 is 17.7. The van der Waals surface area contributed by atoms with Crippen LogP contribution < -0.4 is 5.32 Å². The van der Waals surface area contributed by atoms with E-state index in [2.05, 4.69) is 5.32 Å². The number of ketones is 1. The van der Waals surface area contributed by atoms with E-state index in [0.717, 1.165) is 0 Å². The lowest BCUT2D eigenvalue weighted by molar-refractivity contribution is -0.145. The van der Waals surface area contributed by atoms with Gasteiger partial charge in [0.15, 0.2) is 5.78 Å². The van der Waals surface area contributed by atoms with Crippen molar-refractivity contribution in [3.8, 4) is 0 Å². The summed E-state index contributed by atoms with van der Waals surface area (Å²) in [7, 11) is 0. The zero-order valence-electron chi connectivity index (χ0n) is 11.4. The second-order valence-corrected chi connectivity index (χ2v) is 4.95. The molecule has 1 aromatic carbocycles. The van der Waals surface area contributed by atoms with E-state index in [1.54, 1.807) is 6.92 Å². The zero-order valence-corrected chi connectivity index (χ0v) is 11.4. The molecule has 20 heavy (non-hydrogen) atoms. The monoisotopic (exact) mass is 279 g/mol. The minimum Gasteiger partial charge on any atom is -0.465 e. The van der Waals surface area contributed by atoms with Crippen LogP contribution in [-0.4, -0.2) is 30.9 Å². The summed E-state index contributed by atoms with van der Waals surface area (Å²) in [5.74, 6) is -0.529. The van der Waals surface area contributed by atoms with Gasteiger partial charge in [-0.3, -0.25) is 9.59 Å². The molecule has 1 aliphatic heterocycles. The van der Waals surface area contributed by atoms with Gasteiger partial charge < -0.3 is 10.1 Å². The van der Waals surface area contributed by atoms with Gasteiger partial charge in [-0.25, -0.2) is 4.39 Å². The third kappa shape index (κ3) is 3.63. The quantitative estimate of drug-likeness (QED) is 0.661. The van der Waals surface area contributed by atoms with Gasteiger partial charge in [0.2, 0.25) is 0 Å². The minimum atomic E-state index is -0.355. The Bertz CT molecular complexity index is 486. The van der Waals surface area contributed by atoms with Crippen molar-refractivity contribution in [1.29, 1.82) is 0 Å². The molecule has 4 nitrogen and oxygen atoms in total. The van der Waals surface area contributed by atoms with Crippen molar-refractivity contribution in [2.75, 3.05) is 13.2 Å². The predicted molar refractivity (Wildman–Crippen MR) is 71.9 cm³/mol. The highest BCUT2D eigenvalue weighted by Crippen LogP contribution is 2.21. The normalized spacial score (nSPS) is 21.7. The third-order valence-corrected chi connectivity index (χ3v) is 3.43. The number of carbonyl (C=O) groups is 2. The molecule has 1 N–H and O–H groups in total. The maximum absolute atomic E-state index is 12.8. The fraction of sp³-hybridized carbons (Fsp3) is 0.467. The van der Waals surface area contributed by atoms with Crippen molar-refractivity contribution in [1.82, 2.24) is 5.32 Å². The Morgan fingerprint density at radius 2 is 2.05 bits per heavy atom. The Morgan fingerprint density at radius 3 is 2.70 bits per heavy atom. The summed E-state index contributed by atoms with van der Waals surface area (Å²) in [5.41, 5.74) is 0.506. The first kappa shape index (κ1) is 14.7. The minimum absolute atomic E-state index is 0.0266. The van der Waals surface area contributed by atoms with Crippen molar-refractivity contribution in [2.45, 2.75) is 25.8 Å². The van der Waals surface area contributed by atoms with E-state index in [1.165, 1.54) is 24.3 Å². The van der Waals surface area contributed by atoms with E-state index < -0.39 is 0 Å². The van der Waals surface area contributed by atoms with Gasteiger partial charge in [-0.15, -0.1) is 0 Å². The first-order chi connectivity index (χ1) is 9.60. The van der Waals surface area contributed by atoms with Gasteiger partial charge in [0.25, 0.3) is 0 Å². The molecule has 0 saturated carbocycles. The molecule has 1 aromatic rings. The molecule has 0 aliphatic carbocycles. The highest BCUT2D eigenvalue weighted by Gasteiger charge is 2.31. The summed E-state index contributed by atoms with van der Waals surface area (Å²) in [6, 6.07) is 5.22. The van der Waals surface area contributed by atoms with E-state index in [0.29, 0.717) is 31.6 Å². The number of nitrogens with one attached hydrogen (secondary N) is 1. The number of Topliss-reactive ketones (excluding diaryl/α,β-unsaturated/α-hetero) is 1. The first-order valence-electron chi connectivity index (χ1n) is 6.79. The van der Waals surface area contributed by atoms with Crippen LogP contribution in [0.3, 0.4) is 0 Å². The Hall–Kier alpha value is -1.75. The van der Waals surface area contributed by atoms with E-state index in [1.807, 2.05) is 0 Å². The van der Waals surface area contributed by atoms with Crippen molar-refractivity contribution in [3.05, 3.63) is 35.6 Å². The van der Waals surface area contributed by atoms with E-state index in [-0.39, 0.29) is 29.5 Å². The average molecular weight is 279 g/mol. The molecule has 5 heteroatoms. The topological polar surface area (TPSA) is 55.4 Å². The summed E-state index contributed by atoms with van der Waals surface area (Å²) in [5, 5.41) is 3.07. The van der Waals surface area contributed by atoms with Gasteiger partial charge in [0.1, 0.15) is 11.9 Å². The van der Waals surface area contributed by atoms with Crippen molar-refractivity contribution >= 4 is 11.8 Å². The molecule has 0 aromatic heterocycles. The van der Waals surface area contributed by atoms with Crippen LogP contribution in [-0.2, 0) is 9.53 Å². The standard InChI is InChI=1S/C15H18FNO3/c1-2-20-15(19)13-7-10(9-17-13)8-14(18)11-3-5-12(16)6-4-11/h3-6,10,13,17H,2,7-9H2,1H3. The highest BCUT2D eigenvalue weighted by atomic mass is 19.1. The molecule has 1 aliphatic rings. The predicted octanol–water partition coefficient (Wildman–Crippen LogP) is 1.94. The summed E-state index contributed by atoms with van der Waals surface area (Å²) in [6.07, 6.45) is 0.959. The summed E-state index contributed by atoms with van der Waals surface area (Å²) >= 11 is 0. The average Bonchev–Trinajstić information content (AvgIpc) is 2.88. The molecule has 1 heterocycles. The van der Waals surface area contributed by atoms with Crippen LogP contribution in [0.25, 0.3) is 0 Å². The SMILES string of the molecule is CCOC(=O)C1CC(CC(=O)c2ccc(F)cc2)CN1. The fourth-order valence-corrected chi connectivity index (χ4v) is 2.40. The smallest absolute Gasteiger partial charge is 0.323 e. The third-order valence-electron chi connectivity index (χ3n) is 3.43. The Labute approximate surface area is 117 Å². The van der Waals surface area contributed by atoms with Crippen LogP contribution in [0, 0.1) is 11.7 Å². The van der Waals surface area contributed by atoms with Gasteiger partial charge in [-0.1, -0.05) is 0 Å². The molecule has 0 spiro atoms. The Balaban J connectivity index is 1.87. The number of hydrogen-bond acceptors (Lipinski definition) is 4. The number of benzene rings is 1. The number of esters is 1. The Morgan fingerprint density at radius 1 is 1.35 bits per heavy atom. The Kier molecular flexibility index (Phi) is 4.84. The van der Waals surface area contributed by atoms with Crippen LogP contribution in [0.1, 0.15) is 30.1 Å². The molecule has 0 amide bonds. The lowest BCUT2D eigenvalue weighted by Crippen LogP contribution is -2.32. The van der Waals surface area contributed by atoms with Gasteiger partial charge in [0.05, 0.1) is 6.61 Å². The van der Waals surface area contributed by atoms with Crippen LogP contribution in [0.4, 0.5) is 4.39 Å². The molecule has 108 valence electrons. The van der Waals surface area contributed by atoms with E-state index in [4.69, 9.17) is 4.74 Å².